The lowest BCUT2D eigenvalue weighted by molar-refractivity contribution is 0.946. The molecule has 0 unspecified atom stereocenters. The third-order valence-electron chi connectivity index (χ3n) is 5.37. The first-order valence-electron chi connectivity index (χ1n) is 9.27. The molecule has 0 aliphatic rings. The number of pyridine rings is 1. The standard InChI is InChI=1S/C25H20N2/c1-17-18(2)26-27-24(17)22-16-10-9-15-21(22)23(19-11-5-3-6-12-19)25(27)20-13-7-4-8-14-20/h3-16H,1-2H3. The van der Waals surface area contributed by atoms with Crippen molar-refractivity contribution < 1.29 is 0 Å². The Morgan fingerprint density at radius 1 is 0.630 bits per heavy atom. The Labute approximate surface area is 158 Å². The second kappa shape index (κ2) is 6.10. The maximum absolute atomic E-state index is 4.94. The zero-order valence-electron chi connectivity index (χ0n) is 15.5. The molecule has 0 radical (unpaired) electrons. The lowest BCUT2D eigenvalue weighted by Gasteiger charge is -2.17. The number of hydrogen-bond donors (Lipinski definition) is 0. The van der Waals surface area contributed by atoms with Gasteiger partial charge in [0.1, 0.15) is 0 Å². The van der Waals surface area contributed by atoms with E-state index < -0.39 is 0 Å². The fourth-order valence-corrected chi connectivity index (χ4v) is 3.98. The summed E-state index contributed by atoms with van der Waals surface area (Å²) in [6, 6.07) is 29.9. The molecular formula is C25H20N2. The monoisotopic (exact) mass is 348 g/mol. The molecule has 0 aliphatic carbocycles. The molecular weight excluding hydrogens is 328 g/mol. The van der Waals surface area contributed by atoms with E-state index in [1.165, 1.54) is 38.5 Å². The minimum absolute atomic E-state index is 1.07. The van der Waals surface area contributed by atoms with Gasteiger partial charge in [-0.3, -0.25) is 0 Å². The molecule has 0 aliphatic heterocycles. The van der Waals surface area contributed by atoms with Gasteiger partial charge in [-0.05, 0) is 30.4 Å². The van der Waals surface area contributed by atoms with Crippen molar-refractivity contribution in [3.8, 4) is 22.4 Å². The molecule has 0 atom stereocenters. The molecule has 27 heavy (non-hydrogen) atoms. The molecule has 0 saturated heterocycles. The predicted octanol–water partition coefficient (Wildman–Crippen LogP) is 6.44. The highest BCUT2D eigenvalue weighted by Gasteiger charge is 2.20. The van der Waals surface area contributed by atoms with Crippen molar-refractivity contribution in [2.75, 3.05) is 0 Å². The van der Waals surface area contributed by atoms with Crippen LogP contribution < -0.4 is 0 Å². The molecule has 0 bridgehead atoms. The zero-order valence-corrected chi connectivity index (χ0v) is 15.5. The van der Waals surface area contributed by atoms with Gasteiger partial charge >= 0.3 is 0 Å². The first-order chi connectivity index (χ1) is 13.3. The molecule has 130 valence electrons. The maximum atomic E-state index is 4.94. The lowest BCUT2D eigenvalue weighted by Crippen LogP contribution is -2.00. The molecule has 3 aromatic carbocycles. The van der Waals surface area contributed by atoms with Gasteiger partial charge in [-0.25, -0.2) is 4.52 Å². The molecule has 2 heteroatoms. The van der Waals surface area contributed by atoms with Gasteiger partial charge in [0.25, 0.3) is 0 Å². The minimum atomic E-state index is 1.07. The van der Waals surface area contributed by atoms with Crippen LogP contribution in [0.3, 0.4) is 0 Å². The summed E-state index contributed by atoms with van der Waals surface area (Å²) in [5.41, 5.74) is 8.26. The third-order valence-corrected chi connectivity index (χ3v) is 5.37. The van der Waals surface area contributed by atoms with Crippen molar-refractivity contribution in [1.82, 2.24) is 9.61 Å². The molecule has 0 spiro atoms. The second-order valence-electron chi connectivity index (χ2n) is 6.97. The highest BCUT2D eigenvalue weighted by molar-refractivity contribution is 6.10. The zero-order chi connectivity index (χ0) is 18.4. The van der Waals surface area contributed by atoms with Gasteiger partial charge in [-0.2, -0.15) is 5.10 Å². The normalized spacial score (nSPS) is 11.3. The number of nitrogens with zero attached hydrogens (tertiary/aromatic N) is 2. The van der Waals surface area contributed by atoms with Crippen molar-refractivity contribution >= 4 is 16.3 Å². The summed E-state index contributed by atoms with van der Waals surface area (Å²) in [6.07, 6.45) is 0. The molecule has 5 aromatic rings. The van der Waals surface area contributed by atoms with Crippen molar-refractivity contribution in [1.29, 1.82) is 0 Å². The smallest absolute Gasteiger partial charge is 0.0810 e. The largest absolute Gasteiger partial charge is 0.231 e. The Balaban J connectivity index is 2.08. The molecule has 0 fully saturated rings. The summed E-state index contributed by atoms with van der Waals surface area (Å²) < 4.78 is 2.14. The number of fused-ring (bicyclic) bond motifs is 3. The van der Waals surface area contributed by atoms with Crippen molar-refractivity contribution in [3.63, 3.8) is 0 Å². The molecule has 5 rings (SSSR count). The first kappa shape index (κ1) is 15.8. The van der Waals surface area contributed by atoms with Crippen LogP contribution in [0.25, 0.3) is 38.7 Å². The molecule has 2 aromatic heterocycles. The van der Waals surface area contributed by atoms with E-state index >= 15 is 0 Å². The van der Waals surface area contributed by atoms with Gasteiger partial charge in [0.2, 0.25) is 0 Å². The quantitative estimate of drug-likeness (QED) is 0.359. The summed E-state index contributed by atoms with van der Waals surface area (Å²) in [5, 5.41) is 7.45. The Morgan fingerprint density at radius 3 is 1.85 bits per heavy atom. The number of rotatable bonds is 2. The average molecular weight is 348 g/mol. The van der Waals surface area contributed by atoms with Crippen LogP contribution in [0.1, 0.15) is 11.3 Å². The van der Waals surface area contributed by atoms with Gasteiger partial charge in [0.15, 0.2) is 0 Å². The third kappa shape index (κ3) is 2.37. The van der Waals surface area contributed by atoms with E-state index in [1.54, 1.807) is 0 Å². The van der Waals surface area contributed by atoms with E-state index in [0.717, 1.165) is 11.4 Å². The van der Waals surface area contributed by atoms with Crippen LogP contribution in [0.4, 0.5) is 0 Å². The van der Waals surface area contributed by atoms with Gasteiger partial charge in [0, 0.05) is 16.5 Å². The minimum Gasteiger partial charge on any atom is -0.231 e. The highest BCUT2D eigenvalue weighted by Crippen LogP contribution is 2.40. The van der Waals surface area contributed by atoms with Crippen LogP contribution in [-0.4, -0.2) is 9.61 Å². The molecule has 0 N–H and O–H groups in total. The first-order valence-corrected chi connectivity index (χ1v) is 9.27. The van der Waals surface area contributed by atoms with E-state index in [0.29, 0.717) is 0 Å². The molecule has 0 saturated carbocycles. The van der Waals surface area contributed by atoms with Crippen LogP contribution in [0.2, 0.25) is 0 Å². The van der Waals surface area contributed by atoms with Crippen molar-refractivity contribution in [2.45, 2.75) is 13.8 Å². The summed E-state index contributed by atoms with van der Waals surface area (Å²) >= 11 is 0. The topological polar surface area (TPSA) is 17.3 Å². The lowest BCUT2D eigenvalue weighted by atomic mass is 9.93. The van der Waals surface area contributed by atoms with E-state index in [9.17, 15) is 0 Å². The summed E-state index contributed by atoms with van der Waals surface area (Å²) in [5.74, 6) is 0. The van der Waals surface area contributed by atoms with Crippen LogP contribution in [0.15, 0.2) is 84.9 Å². The fourth-order valence-electron chi connectivity index (χ4n) is 3.98. The van der Waals surface area contributed by atoms with Gasteiger partial charge in [-0.15, -0.1) is 0 Å². The van der Waals surface area contributed by atoms with E-state index in [2.05, 4.69) is 103 Å². The average Bonchev–Trinajstić information content (AvgIpc) is 3.03. The Hall–Kier alpha value is -3.39. The number of benzene rings is 3. The van der Waals surface area contributed by atoms with Gasteiger partial charge in [0.05, 0.1) is 16.9 Å². The Bertz CT molecular complexity index is 1270. The van der Waals surface area contributed by atoms with Crippen LogP contribution in [-0.2, 0) is 0 Å². The number of aryl methyl sites for hydroxylation is 2. The Morgan fingerprint density at radius 2 is 1.19 bits per heavy atom. The highest BCUT2D eigenvalue weighted by atomic mass is 15.2. The van der Waals surface area contributed by atoms with Gasteiger partial charge in [-0.1, -0.05) is 84.9 Å². The number of aromatic nitrogens is 2. The number of hydrogen-bond acceptors (Lipinski definition) is 1. The molecule has 2 heterocycles. The SMILES string of the molecule is Cc1nn2c(-c3ccccc3)c(-c3ccccc3)c3ccccc3c2c1C. The van der Waals surface area contributed by atoms with Crippen molar-refractivity contribution in [2.24, 2.45) is 0 Å². The van der Waals surface area contributed by atoms with Gasteiger partial charge < -0.3 is 0 Å². The summed E-state index contributed by atoms with van der Waals surface area (Å²) in [7, 11) is 0. The fraction of sp³-hybridized carbons (Fsp3) is 0.0800. The summed E-state index contributed by atoms with van der Waals surface area (Å²) in [6.45, 7) is 4.26. The molecule has 0 amide bonds. The second-order valence-corrected chi connectivity index (χ2v) is 6.97. The predicted molar refractivity (Wildman–Crippen MR) is 113 cm³/mol. The van der Waals surface area contributed by atoms with E-state index in [-0.39, 0.29) is 0 Å². The Kier molecular flexibility index (Phi) is 3.58. The van der Waals surface area contributed by atoms with Crippen molar-refractivity contribution in [3.05, 3.63) is 96.2 Å². The summed E-state index contributed by atoms with van der Waals surface area (Å²) in [4.78, 5) is 0. The maximum Gasteiger partial charge on any atom is 0.0810 e. The van der Waals surface area contributed by atoms with E-state index in [4.69, 9.17) is 5.10 Å². The van der Waals surface area contributed by atoms with Crippen LogP contribution >= 0.6 is 0 Å². The van der Waals surface area contributed by atoms with Crippen LogP contribution in [0.5, 0.6) is 0 Å². The molecule has 2 nitrogen and oxygen atoms in total. The van der Waals surface area contributed by atoms with E-state index in [1.807, 2.05) is 0 Å². The van der Waals surface area contributed by atoms with Crippen LogP contribution in [0, 0.1) is 13.8 Å².